The number of alkyl halides is 3. The highest BCUT2D eigenvalue weighted by molar-refractivity contribution is 5.83. The minimum Gasteiger partial charge on any atom is -0.342 e. The van der Waals surface area contributed by atoms with Gasteiger partial charge >= 0.3 is 6.18 Å². The summed E-state index contributed by atoms with van der Waals surface area (Å²) in [7, 11) is 0. The molecule has 1 fully saturated rings. The molecule has 0 radical (unpaired) electrons. The molecule has 0 unspecified atom stereocenters. The first-order chi connectivity index (χ1) is 13.6. The van der Waals surface area contributed by atoms with Gasteiger partial charge in [0.2, 0.25) is 5.91 Å². The molecule has 2 aromatic rings. The van der Waals surface area contributed by atoms with E-state index in [0.717, 1.165) is 24.5 Å². The molecular weight excluding hydrogens is 375 g/mol. The van der Waals surface area contributed by atoms with Crippen molar-refractivity contribution in [3.05, 3.63) is 71.3 Å². The fourth-order valence-electron chi connectivity index (χ4n) is 4.31. The van der Waals surface area contributed by atoms with E-state index >= 15 is 0 Å². The molecule has 2 aromatic carbocycles. The lowest BCUT2D eigenvalue weighted by atomic mass is 9.69. The number of hydrogen-bond acceptors (Lipinski definition) is 1. The molecule has 0 saturated carbocycles. The van der Waals surface area contributed by atoms with Crippen molar-refractivity contribution in [2.24, 2.45) is 5.92 Å². The van der Waals surface area contributed by atoms with Gasteiger partial charge in [-0.1, -0.05) is 62.4 Å². The van der Waals surface area contributed by atoms with Crippen molar-refractivity contribution < 1.29 is 18.0 Å². The quantitative estimate of drug-likeness (QED) is 0.611. The molecule has 29 heavy (non-hydrogen) atoms. The number of nitrogens with zero attached hydrogens (tertiary/aromatic N) is 1. The van der Waals surface area contributed by atoms with Crippen molar-refractivity contribution in [1.29, 1.82) is 0 Å². The standard InChI is InChI=1S/C24H28F3NO/c1-17(18-8-5-4-6-9-18)22(29)28-14-12-19(13-15-28)23(2,3)20-10-7-11-21(16-20)24(25,26)27/h4-11,16-17,19H,12-15H2,1-3H3/t17-/m0/s1. The van der Waals surface area contributed by atoms with Crippen molar-refractivity contribution in [2.75, 3.05) is 13.1 Å². The molecule has 0 spiro atoms. The molecule has 3 rings (SSSR count). The predicted molar refractivity (Wildman–Crippen MR) is 109 cm³/mol. The number of halogens is 3. The molecular formula is C24H28F3NO. The second-order valence-electron chi connectivity index (χ2n) is 8.53. The van der Waals surface area contributed by atoms with Crippen LogP contribution < -0.4 is 0 Å². The summed E-state index contributed by atoms with van der Waals surface area (Å²) in [5, 5.41) is 0. The van der Waals surface area contributed by atoms with E-state index in [2.05, 4.69) is 0 Å². The lowest BCUT2D eigenvalue weighted by molar-refractivity contribution is -0.138. The third-order valence-electron chi connectivity index (χ3n) is 6.43. The summed E-state index contributed by atoms with van der Waals surface area (Å²) in [4.78, 5) is 14.8. The van der Waals surface area contributed by atoms with Crippen LogP contribution in [0.5, 0.6) is 0 Å². The zero-order valence-corrected chi connectivity index (χ0v) is 17.2. The first kappa shape index (κ1) is 21.4. The van der Waals surface area contributed by atoms with Crippen LogP contribution in [0.3, 0.4) is 0 Å². The van der Waals surface area contributed by atoms with E-state index < -0.39 is 11.7 Å². The highest BCUT2D eigenvalue weighted by Gasteiger charge is 2.37. The van der Waals surface area contributed by atoms with Gasteiger partial charge in [-0.15, -0.1) is 0 Å². The zero-order valence-electron chi connectivity index (χ0n) is 17.2. The number of benzene rings is 2. The molecule has 0 N–H and O–H groups in total. The summed E-state index contributed by atoms with van der Waals surface area (Å²) in [6, 6.07) is 15.4. The maximum Gasteiger partial charge on any atom is 0.416 e. The van der Waals surface area contributed by atoms with Gasteiger partial charge in [-0.2, -0.15) is 13.2 Å². The normalized spacial score (nSPS) is 17.2. The number of hydrogen-bond donors (Lipinski definition) is 0. The molecule has 0 aliphatic carbocycles. The smallest absolute Gasteiger partial charge is 0.342 e. The summed E-state index contributed by atoms with van der Waals surface area (Å²) in [6.45, 7) is 7.23. The number of rotatable bonds is 4. The molecule has 0 bridgehead atoms. The van der Waals surface area contributed by atoms with Gasteiger partial charge in [-0.05, 0) is 48.3 Å². The molecule has 1 atom stereocenters. The van der Waals surface area contributed by atoms with Crippen LogP contribution in [0, 0.1) is 5.92 Å². The van der Waals surface area contributed by atoms with E-state index in [1.165, 1.54) is 12.1 Å². The first-order valence-electron chi connectivity index (χ1n) is 10.1. The second kappa shape index (κ2) is 8.21. The van der Waals surface area contributed by atoms with E-state index in [4.69, 9.17) is 0 Å². The molecule has 0 aromatic heterocycles. The SMILES string of the molecule is C[C@H](C(=O)N1CCC(C(C)(C)c2cccc(C(F)(F)F)c2)CC1)c1ccccc1. The van der Waals surface area contributed by atoms with Gasteiger partial charge in [-0.3, -0.25) is 4.79 Å². The number of amides is 1. The largest absolute Gasteiger partial charge is 0.416 e. The van der Waals surface area contributed by atoms with Crippen LogP contribution in [0.25, 0.3) is 0 Å². The van der Waals surface area contributed by atoms with Crippen molar-refractivity contribution in [3.63, 3.8) is 0 Å². The molecule has 1 aliphatic rings. The van der Waals surface area contributed by atoms with Crippen molar-refractivity contribution in [3.8, 4) is 0 Å². The Morgan fingerprint density at radius 3 is 2.14 bits per heavy atom. The minimum atomic E-state index is -4.34. The van der Waals surface area contributed by atoms with Crippen molar-refractivity contribution in [1.82, 2.24) is 4.90 Å². The lowest BCUT2D eigenvalue weighted by Gasteiger charge is -2.42. The van der Waals surface area contributed by atoms with E-state index in [1.54, 1.807) is 6.07 Å². The van der Waals surface area contributed by atoms with Crippen LogP contribution >= 0.6 is 0 Å². The zero-order chi connectivity index (χ0) is 21.2. The Morgan fingerprint density at radius 2 is 1.55 bits per heavy atom. The third-order valence-corrected chi connectivity index (χ3v) is 6.43. The van der Waals surface area contributed by atoms with Gasteiger partial charge < -0.3 is 4.90 Å². The van der Waals surface area contributed by atoms with Gasteiger partial charge in [-0.25, -0.2) is 0 Å². The van der Waals surface area contributed by atoms with Gasteiger partial charge in [0.1, 0.15) is 0 Å². The Morgan fingerprint density at radius 1 is 0.966 bits per heavy atom. The second-order valence-corrected chi connectivity index (χ2v) is 8.53. The maximum absolute atomic E-state index is 13.1. The molecule has 5 heteroatoms. The predicted octanol–water partition coefficient (Wildman–Crippen LogP) is 6.03. The van der Waals surface area contributed by atoms with Gasteiger partial charge in [0.25, 0.3) is 0 Å². The Kier molecular flexibility index (Phi) is 6.06. The first-order valence-corrected chi connectivity index (χ1v) is 10.1. The van der Waals surface area contributed by atoms with E-state index in [1.807, 2.05) is 56.0 Å². The minimum absolute atomic E-state index is 0.117. The number of likely N-dealkylation sites (tertiary alicyclic amines) is 1. The Hall–Kier alpha value is -2.30. The molecule has 156 valence electrons. The van der Waals surface area contributed by atoms with Crippen LogP contribution in [0.1, 0.15) is 56.2 Å². The van der Waals surface area contributed by atoms with Gasteiger partial charge in [0, 0.05) is 13.1 Å². The highest BCUT2D eigenvalue weighted by Crippen LogP contribution is 2.40. The van der Waals surface area contributed by atoms with E-state index in [0.29, 0.717) is 18.7 Å². The fraction of sp³-hybridized carbons (Fsp3) is 0.458. The Bertz CT molecular complexity index is 837. The van der Waals surface area contributed by atoms with Crippen LogP contribution in [-0.4, -0.2) is 23.9 Å². The van der Waals surface area contributed by atoms with Gasteiger partial charge in [0.15, 0.2) is 0 Å². The third kappa shape index (κ3) is 4.65. The number of piperidine rings is 1. The average molecular weight is 403 g/mol. The molecule has 1 amide bonds. The molecule has 1 heterocycles. The monoisotopic (exact) mass is 403 g/mol. The van der Waals surface area contributed by atoms with Crippen LogP contribution in [0.15, 0.2) is 54.6 Å². The van der Waals surface area contributed by atoms with Crippen molar-refractivity contribution >= 4 is 5.91 Å². The lowest BCUT2D eigenvalue weighted by Crippen LogP contribution is -2.44. The Labute approximate surface area is 170 Å². The van der Waals surface area contributed by atoms with E-state index in [-0.39, 0.29) is 23.2 Å². The Balaban J connectivity index is 1.67. The van der Waals surface area contributed by atoms with Crippen LogP contribution in [0.2, 0.25) is 0 Å². The number of carbonyl (C=O) groups is 1. The highest BCUT2D eigenvalue weighted by atomic mass is 19.4. The topological polar surface area (TPSA) is 20.3 Å². The summed E-state index contributed by atoms with van der Waals surface area (Å²) < 4.78 is 39.3. The fourth-order valence-corrected chi connectivity index (χ4v) is 4.31. The average Bonchev–Trinajstić information content (AvgIpc) is 2.73. The molecule has 1 saturated heterocycles. The van der Waals surface area contributed by atoms with Crippen LogP contribution in [0.4, 0.5) is 13.2 Å². The summed E-state index contributed by atoms with van der Waals surface area (Å²) in [6.07, 6.45) is -2.76. The number of carbonyl (C=O) groups excluding carboxylic acids is 1. The molecule has 1 aliphatic heterocycles. The van der Waals surface area contributed by atoms with E-state index in [9.17, 15) is 18.0 Å². The van der Waals surface area contributed by atoms with Gasteiger partial charge in [0.05, 0.1) is 11.5 Å². The summed E-state index contributed by atoms with van der Waals surface area (Å²) in [5.74, 6) is 0.151. The van der Waals surface area contributed by atoms with Crippen molar-refractivity contribution in [2.45, 2.75) is 51.1 Å². The molecule has 2 nitrogen and oxygen atoms in total. The summed E-state index contributed by atoms with van der Waals surface area (Å²) >= 11 is 0. The van der Waals surface area contributed by atoms with Crippen LogP contribution in [-0.2, 0) is 16.4 Å². The summed E-state index contributed by atoms with van der Waals surface area (Å²) in [5.41, 5.74) is 0.715. The maximum atomic E-state index is 13.1.